The standard InChI is InChI=1S/C18H29NO/c1-14(2)13-20-18-6-4-5-17(11-18)19-12-16-9-7-15(3)8-10-16/h4-6,11,14-16,19H,7-10,12-13H2,1-3H3. The predicted molar refractivity (Wildman–Crippen MR) is 86.4 cm³/mol. The van der Waals surface area contributed by atoms with Crippen LogP contribution in [0.4, 0.5) is 5.69 Å². The Labute approximate surface area is 123 Å². The average Bonchev–Trinajstić information content (AvgIpc) is 2.45. The Morgan fingerprint density at radius 2 is 1.95 bits per heavy atom. The second kappa shape index (κ2) is 7.56. The van der Waals surface area contributed by atoms with Crippen molar-refractivity contribution in [2.24, 2.45) is 17.8 Å². The van der Waals surface area contributed by atoms with Crippen molar-refractivity contribution in [2.75, 3.05) is 18.5 Å². The monoisotopic (exact) mass is 275 g/mol. The van der Waals surface area contributed by atoms with Crippen molar-refractivity contribution in [3.63, 3.8) is 0 Å². The van der Waals surface area contributed by atoms with Gasteiger partial charge in [-0.05, 0) is 42.7 Å². The van der Waals surface area contributed by atoms with E-state index >= 15 is 0 Å². The summed E-state index contributed by atoms with van der Waals surface area (Å²) in [6.45, 7) is 8.60. The zero-order valence-electron chi connectivity index (χ0n) is 13.2. The van der Waals surface area contributed by atoms with Crippen molar-refractivity contribution in [1.29, 1.82) is 0 Å². The van der Waals surface area contributed by atoms with Crippen molar-refractivity contribution in [2.45, 2.75) is 46.5 Å². The molecule has 1 fully saturated rings. The lowest BCUT2D eigenvalue weighted by atomic mass is 9.83. The zero-order valence-corrected chi connectivity index (χ0v) is 13.2. The van der Waals surface area contributed by atoms with Crippen molar-refractivity contribution in [3.8, 4) is 5.75 Å². The highest BCUT2D eigenvalue weighted by atomic mass is 16.5. The van der Waals surface area contributed by atoms with Crippen LogP contribution in [0.25, 0.3) is 0 Å². The van der Waals surface area contributed by atoms with Gasteiger partial charge < -0.3 is 10.1 Å². The third kappa shape index (κ3) is 5.07. The number of nitrogens with one attached hydrogen (secondary N) is 1. The van der Waals surface area contributed by atoms with Crippen LogP contribution in [0.5, 0.6) is 5.75 Å². The molecule has 0 aliphatic heterocycles. The second-order valence-electron chi connectivity index (χ2n) is 6.74. The minimum Gasteiger partial charge on any atom is -0.493 e. The van der Waals surface area contributed by atoms with E-state index < -0.39 is 0 Å². The van der Waals surface area contributed by atoms with E-state index in [4.69, 9.17) is 4.74 Å². The lowest BCUT2D eigenvalue weighted by molar-refractivity contribution is 0.271. The maximum atomic E-state index is 5.77. The van der Waals surface area contributed by atoms with Gasteiger partial charge in [0, 0.05) is 18.3 Å². The van der Waals surface area contributed by atoms with Gasteiger partial charge in [0.25, 0.3) is 0 Å². The highest BCUT2D eigenvalue weighted by molar-refractivity contribution is 5.48. The summed E-state index contributed by atoms with van der Waals surface area (Å²) in [5, 5.41) is 3.58. The van der Waals surface area contributed by atoms with Crippen molar-refractivity contribution in [3.05, 3.63) is 24.3 Å². The van der Waals surface area contributed by atoms with E-state index in [1.165, 1.54) is 31.4 Å². The molecule has 1 aliphatic carbocycles. The average molecular weight is 275 g/mol. The molecule has 112 valence electrons. The Kier molecular flexibility index (Phi) is 5.75. The summed E-state index contributed by atoms with van der Waals surface area (Å²) < 4.78 is 5.77. The van der Waals surface area contributed by atoms with Crippen molar-refractivity contribution >= 4 is 5.69 Å². The van der Waals surface area contributed by atoms with Gasteiger partial charge in [-0.2, -0.15) is 0 Å². The van der Waals surface area contributed by atoms with E-state index in [1.807, 2.05) is 6.07 Å². The summed E-state index contributed by atoms with van der Waals surface area (Å²) in [5.41, 5.74) is 1.19. The second-order valence-corrected chi connectivity index (χ2v) is 6.74. The fourth-order valence-electron chi connectivity index (χ4n) is 2.75. The number of anilines is 1. The zero-order chi connectivity index (χ0) is 14.4. The molecule has 0 saturated heterocycles. The first kappa shape index (κ1) is 15.2. The number of benzene rings is 1. The SMILES string of the molecule is CC(C)COc1cccc(NCC2CCC(C)CC2)c1. The molecule has 0 atom stereocenters. The Morgan fingerprint density at radius 1 is 1.20 bits per heavy atom. The first-order chi connectivity index (χ1) is 9.63. The lowest BCUT2D eigenvalue weighted by Crippen LogP contribution is -2.20. The molecule has 1 N–H and O–H groups in total. The number of rotatable bonds is 6. The molecule has 0 radical (unpaired) electrons. The Bertz CT molecular complexity index is 394. The fraction of sp³-hybridized carbons (Fsp3) is 0.667. The molecule has 0 unspecified atom stereocenters. The molecule has 0 spiro atoms. The van der Waals surface area contributed by atoms with E-state index in [2.05, 4.69) is 44.3 Å². The molecule has 1 aromatic rings. The van der Waals surface area contributed by atoms with Crippen LogP contribution < -0.4 is 10.1 Å². The molecular weight excluding hydrogens is 246 g/mol. The largest absolute Gasteiger partial charge is 0.493 e. The highest BCUT2D eigenvalue weighted by Gasteiger charge is 2.17. The Morgan fingerprint density at radius 3 is 2.65 bits per heavy atom. The van der Waals surface area contributed by atoms with Crippen LogP contribution in [0.1, 0.15) is 46.5 Å². The maximum Gasteiger partial charge on any atom is 0.121 e. The molecule has 2 heteroatoms. The molecule has 1 saturated carbocycles. The minimum atomic E-state index is 0.566. The summed E-state index contributed by atoms with van der Waals surface area (Å²) >= 11 is 0. The minimum absolute atomic E-state index is 0.566. The Hall–Kier alpha value is -1.18. The molecule has 20 heavy (non-hydrogen) atoms. The van der Waals surface area contributed by atoms with Crippen LogP contribution in [-0.4, -0.2) is 13.2 Å². The summed E-state index contributed by atoms with van der Waals surface area (Å²) in [6.07, 6.45) is 5.53. The van der Waals surface area contributed by atoms with E-state index in [0.29, 0.717) is 5.92 Å². The van der Waals surface area contributed by atoms with Crippen LogP contribution in [0, 0.1) is 17.8 Å². The van der Waals surface area contributed by atoms with E-state index in [9.17, 15) is 0 Å². The van der Waals surface area contributed by atoms with Gasteiger partial charge in [0.15, 0.2) is 0 Å². The van der Waals surface area contributed by atoms with Gasteiger partial charge in [0.2, 0.25) is 0 Å². The molecule has 0 heterocycles. The molecule has 2 rings (SSSR count). The van der Waals surface area contributed by atoms with Crippen molar-refractivity contribution in [1.82, 2.24) is 0 Å². The molecular formula is C18H29NO. The molecule has 2 nitrogen and oxygen atoms in total. The smallest absolute Gasteiger partial charge is 0.121 e. The van der Waals surface area contributed by atoms with Crippen LogP contribution in [-0.2, 0) is 0 Å². The van der Waals surface area contributed by atoms with Gasteiger partial charge in [-0.25, -0.2) is 0 Å². The molecule has 0 aromatic heterocycles. The molecule has 1 aromatic carbocycles. The molecule has 0 bridgehead atoms. The van der Waals surface area contributed by atoms with E-state index in [-0.39, 0.29) is 0 Å². The number of hydrogen-bond donors (Lipinski definition) is 1. The van der Waals surface area contributed by atoms with Gasteiger partial charge in [-0.3, -0.25) is 0 Å². The fourth-order valence-corrected chi connectivity index (χ4v) is 2.75. The first-order valence-electron chi connectivity index (χ1n) is 8.10. The van der Waals surface area contributed by atoms with Gasteiger partial charge in [-0.15, -0.1) is 0 Å². The third-order valence-electron chi connectivity index (χ3n) is 4.15. The Balaban J connectivity index is 1.79. The van der Waals surface area contributed by atoms with Crippen LogP contribution in [0.15, 0.2) is 24.3 Å². The van der Waals surface area contributed by atoms with Crippen LogP contribution in [0.2, 0.25) is 0 Å². The number of hydrogen-bond acceptors (Lipinski definition) is 2. The lowest BCUT2D eigenvalue weighted by Gasteiger charge is -2.26. The van der Waals surface area contributed by atoms with Gasteiger partial charge >= 0.3 is 0 Å². The quantitative estimate of drug-likeness (QED) is 0.792. The topological polar surface area (TPSA) is 21.3 Å². The van der Waals surface area contributed by atoms with Crippen LogP contribution in [0.3, 0.4) is 0 Å². The molecule has 0 amide bonds. The predicted octanol–water partition coefficient (Wildman–Crippen LogP) is 4.96. The normalized spacial score (nSPS) is 22.8. The van der Waals surface area contributed by atoms with E-state index in [0.717, 1.165) is 30.7 Å². The number of ether oxygens (including phenoxy) is 1. The van der Waals surface area contributed by atoms with Gasteiger partial charge in [0.1, 0.15) is 5.75 Å². The first-order valence-corrected chi connectivity index (χ1v) is 8.10. The van der Waals surface area contributed by atoms with Crippen LogP contribution >= 0.6 is 0 Å². The summed E-state index contributed by atoms with van der Waals surface area (Å²) in [6, 6.07) is 8.36. The summed E-state index contributed by atoms with van der Waals surface area (Å²) in [4.78, 5) is 0. The van der Waals surface area contributed by atoms with E-state index in [1.54, 1.807) is 0 Å². The third-order valence-corrected chi connectivity index (χ3v) is 4.15. The molecule has 1 aliphatic rings. The van der Waals surface area contributed by atoms with Gasteiger partial charge in [-0.1, -0.05) is 39.7 Å². The summed E-state index contributed by atoms with van der Waals surface area (Å²) in [5.74, 6) is 3.31. The van der Waals surface area contributed by atoms with Crippen molar-refractivity contribution < 1.29 is 4.74 Å². The highest BCUT2D eigenvalue weighted by Crippen LogP contribution is 2.28. The summed E-state index contributed by atoms with van der Waals surface area (Å²) in [7, 11) is 0. The maximum absolute atomic E-state index is 5.77. The van der Waals surface area contributed by atoms with Gasteiger partial charge in [0.05, 0.1) is 6.61 Å².